The van der Waals surface area contributed by atoms with Crippen molar-refractivity contribution in [3.8, 4) is 0 Å². The topological polar surface area (TPSA) is 54.5 Å². The highest BCUT2D eigenvalue weighted by molar-refractivity contribution is 6.10. The van der Waals surface area contributed by atoms with Gasteiger partial charge < -0.3 is 4.90 Å². The Hall–Kier alpha value is -1.13. The average molecular weight is 251 g/mol. The van der Waals surface area contributed by atoms with Crippen LogP contribution < -0.4 is 0 Å². The summed E-state index contributed by atoms with van der Waals surface area (Å²) in [6, 6.07) is 0. The van der Waals surface area contributed by atoms with Gasteiger partial charge in [0.15, 0.2) is 0 Å². The Kier molecular flexibility index (Phi) is 5.32. The maximum absolute atomic E-state index is 12.1. The van der Waals surface area contributed by atoms with Crippen LogP contribution >= 0.6 is 0 Å². The molecular weight excluding hydrogens is 229 g/mol. The first-order valence-electron chi connectivity index (χ1n) is 5.96. The third-order valence-electron chi connectivity index (χ3n) is 3.38. The molecule has 4 nitrogen and oxygen atoms in total. The van der Waals surface area contributed by atoms with Crippen LogP contribution in [0.15, 0.2) is 0 Å². The number of carbonyl (C=O) groups is 3. The summed E-state index contributed by atoms with van der Waals surface area (Å²) in [5.74, 6) is -0.612. The lowest BCUT2D eigenvalue weighted by molar-refractivity contribution is -0.145. The first-order chi connectivity index (χ1) is 7.96. The highest BCUT2D eigenvalue weighted by atomic mass is 16.2. The molecule has 18 heavy (non-hydrogen) atoms. The molecule has 100 valence electrons. The first-order valence-corrected chi connectivity index (χ1v) is 5.96. The molecule has 0 bridgehead atoms. The zero-order valence-electron chi connectivity index (χ0n) is 12.2. The zero-order valence-corrected chi connectivity index (χ0v) is 12.2. The monoisotopic (exact) mass is 251 g/mol. The number of amides is 1. The Balaban J connectivity index is 4.94. The van der Waals surface area contributed by atoms with E-state index in [0.717, 1.165) is 0 Å². The molecule has 0 spiro atoms. The molecule has 1 amide bonds. The maximum Gasteiger partial charge on any atom is 0.227 e. The van der Waals surface area contributed by atoms with Gasteiger partial charge in [0.25, 0.3) is 0 Å². The van der Waals surface area contributed by atoms with Crippen molar-refractivity contribution in [1.29, 1.82) is 0 Å². The molecule has 0 unspecified atom stereocenters. The molecule has 0 fully saturated rings. The van der Waals surface area contributed by atoms with Gasteiger partial charge >= 0.3 is 0 Å². The fourth-order valence-electron chi connectivity index (χ4n) is 1.49. The van der Waals surface area contributed by atoms with Gasteiger partial charge in [0.1, 0.15) is 11.6 Å². The summed E-state index contributed by atoms with van der Waals surface area (Å²) in [4.78, 5) is 36.9. The fourth-order valence-corrected chi connectivity index (χ4v) is 1.49. The molecule has 0 heterocycles. The SMILES string of the molecule is [B]CN(C)C(=O)C(C)(C)CC(=O)C(C)(C)C(C)=O. The van der Waals surface area contributed by atoms with Gasteiger partial charge in [-0.3, -0.25) is 14.4 Å². The lowest BCUT2D eigenvalue weighted by Gasteiger charge is -2.31. The Bertz CT molecular complexity index is 361. The molecule has 2 radical (unpaired) electrons. The predicted molar refractivity (Wildman–Crippen MR) is 71.3 cm³/mol. The Morgan fingerprint density at radius 1 is 1.11 bits per heavy atom. The van der Waals surface area contributed by atoms with Crippen LogP contribution in [0.3, 0.4) is 0 Å². The summed E-state index contributed by atoms with van der Waals surface area (Å²) in [5, 5.41) is 0. The zero-order chi connectivity index (χ0) is 14.7. The number of hydrogen-bond acceptors (Lipinski definition) is 3. The maximum atomic E-state index is 12.1. The third-order valence-corrected chi connectivity index (χ3v) is 3.38. The molecule has 0 aliphatic heterocycles. The van der Waals surface area contributed by atoms with Gasteiger partial charge in [-0.15, -0.1) is 0 Å². The highest BCUT2D eigenvalue weighted by Crippen LogP contribution is 2.29. The van der Waals surface area contributed by atoms with E-state index in [1.165, 1.54) is 11.8 Å². The summed E-state index contributed by atoms with van der Waals surface area (Å²) in [6.45, 7) is 7.94. The second kappa shape index (κ2) is 5.68. The van der Waals surface area contributed by atoms with Crippen LogP contribution in [0.1, 0.15) is 41.0 Å². The predicted octanol–water partition coefficient (Wildman–Crippen LogP) is 1.17. The van der Waals surface area contributed by atoms with Crippen molar-refractivity contribution >= 4 is 25.3 Å². The minimum absolute atomic E-state index is 0.0305. The van der Waals surface area contributed by atoms with Gasteiger partial charge in [-0.25, -0.2) is 0 Å². The van der Waals surface area contributed by atoms with Crippen LogP contribution in [0.2, 0.25) is 0 Å². The molecule has 0 rings (SSSR count). The summed E-state index contributed by atoms with van der Waals surface area (Å²) in [5.41, 5.74) is -1.89. The Morgan fingerprint density at radius 2 is 1.56 bits per heavy atom. The van der Waals surface area contributed by atoms with Crippen molar-refractivity contribution in [1.82, 2.24) is 4.90 Å². The summed E-state index contributed by atoms with van der Waals surface area (Å²) >= 11 is 0. The lowest BCUT2D eigenvalue weighted by atomic mass is 9.75. The van der Waals surface area contributed by atoms with E-state index in [-0.39, 0.29) is 30.3 Å². The van der Waals surface area contributed by atoms with E-state index >= 15 is 0 Å². The van der Waals surface area contributed by atoms with E-state index < -0.39 is 10.8 Å². The number of hydrogen-bond donors (Lipinski definition) is 0. The van der Waals surface area contributed by atoms with E-state index in [4.69, 9.17) is 7.85 Å². The van der Waals surface area contributed by atoms with Gasteiger partial charge in [0.05, 0.1) is 18.7 Å². The fraction of sp³-hybridized carbons (Fsp3) is 0.769. The molecule has 0 aromatic carbocycles. The molecule has 0 saturated carbocycles. The largest absolute Gasteiger partial charge is 0.354 e. The summed E-state index contributed by atoms with van der Waals surface area (Å²) in [6.07, 6.45) is 0.134. The number of Topliss-reactive ketones (excluding diaryl/α,β-unsaturated/α-hetero) is 2. The normalized spacial score (nSPS) is 12.1. The highest BCUT2D eigenvalue weighted by Gasteiger charge is 2.39. The van der Waals surface area contributed by atoms with Crippen molar-refractivity contribution in [3.05, 3.63) is 0 Å². The second-order valence-corrected chi connectivity index (χ2v) is 5.85. The molecular formula is C13H22BNO3. The van der Waals surface area contributed by atoms with E-state index in [0.29, 0.717) is 0 Å². The van der Waals surface area contributed by atoms with Gasteiger partial charge in [-0.05, 0) is 27.2 Å². The van der Waals surface area contributed by atoms with E-state index in [1.807, 2.05) is 0 Å². The molecule has 0 aliphatic rings. The molecule has 0 atom stereocenters. The second-order valence-electron chi connectivity index (χ2n) is 5.85. The van der Waals surface area contributed by atoms with Crippen LogP contribution in [0.4, 0.5) is 0 Å². The minimum atomic E-state index is -1.04. The number of carbonyl (C=O) groups excluding carboxylic acids is 3. The Labute approximate surface area is 111 Å². The van der Waals surface area contributed by atoms with Crippen molar-refractivity contribution in [2.75, 3.05) is 13.5 Å². The van der Waals surface area contributed by atoms with Gasteiger partial charge in [-0.1, -0.05) is 13.8 Å². The van der Waals surface area contributed by atoms with Crippen LogP contribution in [-0.4, -0.2) is 43.7 Å². The van der Waals surface area contributed by atoms with Crippen molar-refractivity contribution in [2.45, 2.75) is 41.0 Å². The molecule has 0 aromatic rings. The van der Waals surface area contributed by atoms with E-state index in [9.17, 15) is 14.4 Å². The smallest absolute Gasteiger partial charge is 0.227 e. The van der Waals surface area contributed by atoms with Gasteiger partial charge in [0.2, 0.25) is 5.91 Å². The molecule has 5 heteroatoms. The third kappa shape index (κ3) is 3.69. The van der Waals surface area contributed by atoms with Crippen LogP contribution in [0.25, 0.3) is 0 Å². The van der Waals surface area contributed by atoms with Crippen LogP contribution in [0, 0.1) is 10.8 Å². The van der Waals surface area contributed by atoms with E-state index in [2.05, 4.69) is 0 Å². The minimum Gasteiger partial charge on any atom is -0.354 e. The summed E-state index contributed by atoms with van der Waals surface area (Å²) in [7, 11) is 6.99. The van der Waals surface area contributed by atoms with E-state index in [1.54, 1.807) is 34.7 Å². The van der Waals surface area contributed by atoms with Crippen molar-refractivity contribution < 1.29 is 14.4 Å². The first kappa shape index (κ1) is 16.9. The van der Waals surface area contributed by atoms with Crippen molar-refractivity contribution in [3.63, 3.8) is 0 Å². The lowest BCUT2D eigenvalue weighted by Crippen LogP contribution is -2.43. The standard InChI is InChI=1S/C13H22BNO3/c1-9(16)13(4,5)10(17)7-12(2,3)11(18)15(6)8-14/h7-8H2,1-6H3. The molecule has 0 saturated heterocycles. The van der Waals surface area contributed by atoms with Crippen LogP contribution in [0.5, 0.6) is 0 Å². The number of rotatable bonds is 6. The molecule has 0 N–H and O–H groups in total. The number of nitrogens with zero attached hydrogens (tertiary/aromatic N) is 1. The van der Waals surface area contributed by atoms with Gasteiger partial charge in [-0.2, -0.15) is 0 Å². The van der Waals surface area contributed by atoms with Crippen LogP contribution in [-0.2, 0) is 14.4 Å². The van der Waals surface area contributed by atoms with Crippen molar-refractivity contribution in [2.24, 2.45) is 10.8 Å². The molecule has 0 aromatic heterocycles. The Morgan fingerprint density at radius 3 is 1.89 bits per heavy atom. The molecule has 0 aliphatic carbocycles. The van der Waals surface area contributed by atoms with Gasteiger partial charge in [0, 0.05) is 13.5 Å². The quantitative estimate of drug-likeness (QED) is 0.526. The summed E-state index contributed by atoms with van der Waals surface area (Å²) < 4.78 is 0. The number of ketones is 2. The average Bonchev–Trinajstić information content (AvgIpc) is 2.25.